The second-order valence-electron chi connectivity index (χ2n) is 6.32. The Morgan fingerprint density at radius 2 is 2.04 bits per heavy atom. The summed E-state index contributed by atoms with van der Waals surface area (Å²) in [5, 5.41) is 10.7. The Bertz CT molecular complexity index is 657. The summed E-state index contributed by atoms with van der Waals surface area (Å²) < 4.78 is 20.6. The van der Waals surface area contributed by atoms with E-state index in [4.69, 9.17) is 4.74 Å². The van der Waals surface area contributed by atoms with Crippen LogP contribution in [0.25, 0.3) is 0 Å². The summed E-state index contributed by atoms with van der Waals surface area (Å²) in [6.07, 6.45) is 3.66. The van der Waals surface area contributed by atoms with Crippen LogP contribution in [0.3, 0.4) is 0 Å². The third kappa shape index (κ3) is 7.13. The van der Waals surface area contributed by atoms with Crippen molar-refractivity contribution in [1.82, 2.24) is 20.4 Å². The average Bonchev–Trinajstić information content (AvgIpc) is 3.12. The molecule has 2 rings (SSSR count). The van der Waals surface area contributed by atoms with Gasteiger partial charge in [-0.25, -0.2) is 4.39 Å². The van der Waals surface area contributed by atoms with E-state index in [1.165, 1.54) is 12.1 Å². The van der Waals surface area contributed by atoms with Gasteiger partial charge in [-0.3, -0.25) is 9.67 Å². The number of guanidine groups is 1. The van der Waals surface area contributed by atoms with E-state index >= 15 is 0 Å². The SMILES string of the molecule is CCNC(=NCC(C)Cn1cccn1)NCC(C)Oc1ccc(F)cc1. The van der Waals surface area contributed by atoms with E-state index in [0.717, 1.165) is 19.0 Å². The molecule has 2 atom stereocenters. The maximum Gasteiger partial charge on any atom is 0.191 e. The van der Waals surface area contributed by atoms with E-state index in [1.807, 2.05) is 30.8 Å². The number of hydrogen-bond donors (Lipinski definition) is 2. The van der Waals surface area contributed by atoms with Gasteiger partial charge in [0.05, 0.1) is 6.54 Å². The fourth-order valence-corrected chi connectivity index (χ4v) is 2.40. The van der Waals surface area contributed by atoms with Crippen molar-refractivity contribution in [2.24, 2.45) is 10.9 Å². The summed E-state index contributed by atoms with van der Waals surface area (Å²) in [6.45, 7) is 9.05. The number of ether oxygens (including phenoxy) is 1. The van der Waals surface area contributed by atoms with Gasteiger partial charge in [0.1, 0.15) is 17.7 Å². The minimum Gasteiger partial charge on any atom is -0.489 e. The van der Waals surface area contributed by atoms with Crippen molar-refractivity contribution in [3.8, 4) is 5.75 Å². The van der Waals surface area contributed by atoms with Gasteiger partial charge in [-0.05, 0) is 50.1 Å². The molecule has 1 heterocycles. The molecule has 142 valence electrons. The second-order valence-corrected chi connectivity index (χ2v) is 6.32. The van der Waals surface area contributed by atoms with Crippen LogP contribution in [0, 0.1) is 11.7 Å². The molecule has 0 fully saturated rings. The van der Waals surface area contributed by atoms with Crippen molar-refractivity contribution in [3.05, 3.63) is 48.5 Å². The van der Waals surface area contributed by atoms with Gasteiger partial charge in [0.25, 0.3) is 0 Å². The molecule has 0 aliphatic heterocycles. The first kappa shape index (κ1) is 19.8. The van der Waals surface area contributed by atoms with Gasteiger partial charge in [0.15, 0.2) is 5.96 Å². The second kappa shape index (κ2) is 10.4. The van der Waals surface area contributed by atoms with Crippen molar-refractivity contribution in [2.45, 2.75) is 33.4 Å². The molecule has 0 amide bonds. The van der Waals surface area contributed by atoms with E-state index in [-0.39, 0.29) is 11.9 Å². The first-order valence-corrected chi connectivity index (χ1v) is 8.98. The Balaban J connectivity index is 1.79. The lowest BCUT2D eigenvalue weighted by Crippen LogP contribution is -2.42. The largest absolute Gasteiger partial charge is 0.489 e. The standard InChI is InChI=1S/C19H28FN5O/c1-4-21-19(22-12-15(2)14-25-11-5-10-24-25)23-13-16(3)26-18-8-6-17(20)7-9-18/h5-11,15-16H,4,12-14H2,1-3H3,(H2,21,22,23). The summed E-state index contributed by atoms with van der Waals surface area (Å²) in [6, 6.07) is 7.96. The van der Waals surface area contributed by atoms with Gasteiger partial charge in [-0.1, -0.05) is 6.92 Å². The fourth-order valence-electron chi connectivity index (χ4n) is 2.40. The predicted octanol–water partition coefficient (Wildman–Crippen LogP) is 2.68. The molecular formula is C19H28FN5O. The minimum atomic E-state index is -0.270. The van der Waals surface area contributed by atoms with E-state index in [9.17, 15) is 4.39 Å². The minimum absolute atomic E-state index is 0.0779. The van der Waals surface area contributed by atoms with Crippen molar-refractivity contribution >= 4 is 5.96 Å². The molecule has 0 spiro atoms. The van der Waals surface area contributed by atoms with Crippen LogP contribution in [0.1, 0.15) is 20.8 Å². The van der Waals surface area contributed by atoms with Gasteiger partial charge in [-0.2, -0.15) is 5.10 Å². The number of nitrogens with zero attached hydrogens (tertiary/aromatic N) is 3. The van der Waals surface area contributed by atoms with Crippen LogP contribution in [0.15, 0.2) is 47.7 Å². The molecule has 0 saturated heterocycles. The van der Waals surface area contributed by atoms with E-state index in [1.54, 1.807) is 18.3 Å². The lowest BCUT2D eigenvalue weighted by molar-refractivity contribution is 0.223. The lowest BCUT2D eigenvalue weighted by atomic mass is 10.2. The quantitative estimate of drug-likeness (QED) is 0.532. The van der Waals surface area contributed by atoms with Gasteiger partial charge < -0.3 is 15.4 Å². The Hall–Kier alpha value is -2.57. The molecular weight excluding hydrogens is 333 g/mol. The Morgan fingerprint density at radius 3 is 2.69 bits per heavy atom. The van der Waals surface area contributed by atoms with Gasteiger partial charge >= 0.3 is 0 Å². The monoisotopic (exact) mass is 361 g/mol. The van der Waals surface area contributed by atoms with Crippen LogP contribution in [-0.4, -0.2) is 41.5 Å². The van der Waals surface area contributed by atoms with Crippen molar-refractivity contribution in [2.75, 3.05) is 19.6 Å². The van der Waals surface area contributed by atoms with Crippen LogP contribution in [0.2, 0.25) is 0 Å². The molecule has 2 N–H and O–H groups in total. The zero-order chi connectivity index (χ0) is 18.8. The molecule has 26 heavy (non-hydrogen) atoms. The highest BCUT2D eigenvalue weighted by atomic mass is 19.1. The summed E-state index contributed by atoms with van der Waals surface area (Å²) in [5.41, 5.74) is 0. The smallest absolute Gasteiger partial charge is 0.191 e. The summed E-state index contributed by atoms with van der Waals surface area (Å²) >= 11 is 0. The molecule has 7 heteroatoms. The summed E-state index contributed by atoms with van der Waals surface area (Å²) in [4.78, 5) is 4.63. The third-order valence-corrected chi connectivity index (χ3v) is 3.67. The fraction of sp³-hybridized carbons (Fsp3) is 0.474. The molecule has 0 radical (unpaired) electrons. The molecule has 0 aliphatic carbocycles. The van der Waals surface area contributed by atoms with Crippen LogP contribution in [0.5, 0.6) is 5.75 Å². The number of rotatable bonds is 9. The maximum atomic E-state index is 12.9. The zero-order valence-corrected chi connectivity index (χ0v) is 15.7. The Kier molecular flexibility index (Phi) is 7.92. The predicted molar refractivity (Wildman–Crippen MR) is 102 cm³/mol. The van der Waals surface area contributed by atoms with Crippen molar-refractivity contribution in [1.29, 1.82) is 0 Å². The Morgan fingerprint density at radius 1 is 1.27 bits per heavy atom. The molecule has 0 saturated carbocycles. The summed E-state index contributed by atoms with van der Waals surface area (Å²) in [7, 11) is 0. The van der Waals surface area contributed by atoms with Crippen molar-refractivity contribution < 1.29 is 9.13 Å². The first-order chi connectivity index (χ1) is 12.6. The van der Waals surface area contributed by atoms with Crippen LogP contribution < -0.4 is 15.4 Å². The molecule has 0 bridgehead atoms. The highest BCUT2D eigenvalue weighted by molar-refractivity contribution is 5.79. The lowest BCUT2D eigenvalue weighted by Gasteiger charge is -2.18. The average molecular weight is 361 g/mol. The number of aliphatic imine (C=N–C) groups is 1. The van der Waals surface area contributed by atoms with E-state index < -0.39 is 0 Å². The van der Waals surface area contributed by atoms with E-state index in [2.05, 4.69) is 27.6 Å². The van der Waals surface area contributed by atoms with E-state index in [0.29, 0.717) is 24.8 Å². The number of nitrogens with one attached hydrogen (secondary N) is 2. The van der Waals surface area contributed by atoms with Crippen LogP contribution in [0.4, 0.5) is 4.39 Å². The molecule has 2 unspecified atom stereocenters. The normalized spacial score (nSPS) is 13.9. The van der Waals surface area contributed by atoms with Gasteiger partial charge in [0, 0.05) is 32.0 Å². The summed E-state index contributed by atoms with van der Waals surface area (Å²) in [5.74, 6) is 1.51. The number of halogens is 1. The Labute approximate surface area is 154 Å². The third-order valence-electron chi connectivity index (χ3n) is 3.67. The highest BCUT2D eigenvalue weighted by Crippen LogP contribution is 2.12. The number of aromatic nitrogens is 2. The zero-order valence-electron chi connectivity index (χ0n) is 15.7. The molecule has 1 aromatic heterocycles. The number of benzene rings is 1. The topological polar surface area (TPSA) is 63.5 Å². The van der Waals surface area contributed by atoms with Gasteiger partial charge in [0.2, 0.25) is 0 Å². The van der Waals surface area contributed by atoms with Crippen LogP contribution >= 0.6 is 0 Å². The molecule has 6 nitrogen and oxygen atoms in total. The van der Waals surface area contributed by atoms with Crippen molar-refractivity contribution in [3.63, 3.8) is 0 Å². The molecule has 0 aliphatic rings. The van der Waals surface area contributed by atoms with Crippen LogP contribution in [-0.2, 0) is 6.54 Å². The molecule has 2 aromatic rings. The molecule has 1 aromatic carbocycles. The first-order valence-electron chi connectivity index (χ1n) is 8.98. The highest BCUT2D eigenvalue weighted by Gasteiger charge is 2.07. The van der Waals surface area contributed by atoms with Gasteiger partial charge in [-0.15, -0.1) is 0 Å². The number of hydrogen-bond acceptors (Lipinski definition) is 3. The maximum absolute atomic E-state index is 12.9.